The first-order valence-electron chi connectivity index (χ1n) is 5.08. The summed E-state index contributed by atoms with van der Waals surface area (Å²) in [5, 5.41) is 23.3. The van der Waals surface area contributed by atoms with Crippen molar-refractivity contribution in [1.29, 1.82) is 0 Å². The number of aliphatic hydroxyl groups is 1. The number of nitrogens with one attached hydrogen (secondary N) is 1. The van der Waals surface area contributed by atoms with Gasteiger partial charge < -0.3 is 15.2 Å². The number of ether oxygens (including phenoxy) is 1. The fraction of sp³-hybridized carbons (Fsp3) is 0.400. The van der Waals surface area contributed by atoms with Crippen LogP contribution in [-0.4, -0.2) is 35.3 Å². The average molecular weight is 303 g/mol. The molecule has 1 saturated heterocycles. The molecule has 1 aliphatic heterocycles. The Morgan fingerprint density at radius 3 is 2.88 bits per heavy atom. The van der Waals surface area contributed by atoms with Crippen molar-refractivity contribution in [1.82, 2.24) is 5.32 Å². The number of nitro groups is 1. The first-order chi connectivity index (χ1) is 8.09. The van der Waals surface area contributed by atoms with Gasteiger partial charge in [-0.25, -0.2) is 0 Å². The number of aliphatic hydroxyl groups excluding tert-OH is 1. The Labute approximate surface area is 106 Å². The molecule has 0 saturated carbocycles. The van der Waals surface area contributed by atoms with E-state index in [-0.39, 0.29) is 11.8 Å². The standard InChI is InChI=1S/C10H11BrN2O4/c11-10-6(13(15)16)2-1-3-8(10)17-9-5-12-4-7(9)14/h1-3,7,9,12,14H,4-5H2. The van der Waals surface area contributed by atoms with Crippen LogP contribution in [0.5, 0.6) is 5.75 Å². The van der Waals surface area contributed by atoms with Crippen molar-refractivity contribution in [2.45, 2.75) is 12.2 Å². The molecule has 2 rings (SSSR count). The van der Waals surface area contributed by atoms with Crippen LogP contribution in [0.25, 0.3) is 0 Å². The molecule has 0 aromatic heterocycles. The average Bonchev–Trinajstić information content (AvgIpc) is 2.67. The van der Waals surface area contributed by atoms with Gasteiger partial charge in [-0.1, -0.05) is 6.07 Å². The molecule has 0 bridgehead atoms. The van der Waals surface area contributed by atoms with Crippen LogP contribution in [0.15, 0.2) is 22.7 Å². The van der Waals surface area contributed by atoms with E-state index in [4.69, 9.17) is 4.74 Å². The van der Waals surface area contributed by atoms with E-state index in [1.54, 1.807) is 12.1 Å². The molecular weight excluding hydrogens is 292 g/mol. The molecule has 0 radical (unpaired) electrons. The molecule has 0 amide bonds. The third kappa shape index (κ3) is 2.56. The summed E-state index contributed by atoms with van der Waals surface area (Å²) in [5.74, 6) is 0.368. The van der Waals surface area contributed by atoms with Gasteiger partial charge in [0.15, 0.2) is 0 Å². The van der Waals surface area contributed by atoms with Crippen molar-refractivity contribution in [3.05, 3.63) is 32.8 Å². The van der Waals surface area contributed by atoms with Crippen LogP contribution in [0, 0.1) is 10.1 Å². The van der Waals surface area contributed by atoms with Crippen molar-refractivity contribution in [3.8, 4) is 5.75 Å². The highest BCUT2D eigenvalue weighted by Crippen LogP contribution is 2.34. The summed E-state index contributed by atoms with van der Waals surface area (Å²) < 4.78 is 5.84. The maximum atomic E-state index is 10.7. The Bertz CT molecular complexity index is 440. The Kier molecular flexibility index (Phi) is 3.60. The third-order valence-electron chi connectivity index (χ3n) is 2.55. The monoisotopic (exact) mass is 302 g/mol. The van der Waals surface area contributed by atoms with Crippen molar-refractivity contribution >= 4 is 21.6 Å². The van der Waals surface area contributed by atoms with Gasteiger partial charge in [0, 0.05) is 19.2 Å². The number of halogens is 1. The van der Waals surface area contributed by atoms with Gasteiger partial charge in [0.05, 0.1) is 4.92 Å². The van der Waals surface area contributed by atoms with Gasteiger partial charge in [0.2, 0.25) is 0 Å². The molecular formula is C10H11BrN2O4. The fourth-order valence-corrected chi connectivity index (χ4v) is 2.16. The quantitative estimate of drug-likeness (QED) is 0.644. The minimum Gasteiger partial charge on any atom is -0.485 e. The van der Waals surface area contributed by atoms with Crippen LogP contribution >= 0.6 is 15.9 Å². The van der Waals surface area contributed by atoms with E-state index in [0.717, 1.165) is 0 Å². The van der Waals surface area contributed by atoms with Crippen LogP contribution < -0.4 is 10.1 Å². The van der Waals surface area contributed by atoms with Gasteiger partial charge in [0.25, 0.3) is 5.69 Å². The molecule has 1 aliphatic rings. The van der Waals surface area contributed by atoms with Crippen LogP contribution in [-0.2, 0) is 0 Å². The van der Waals surface area contributed by atoms with Gasteiger partial charge in [-0.3, -0.25) is 10.1 Å². The van der Waals surface area contributed by atoms with Crippen molar-refractivity contribution in [2.75, 3.05) is 13.1 Å². The van der Waals surface area contributed by atoms with Crippen molar-refractivity contribution in [2.24, 2.45) is 0 Å². The lowest BCUT2D eigenvalue weighted by Crippen LogP contribution is -2.29. The maximum Gasteiger partial charge on any atom is 0.287 e. The fourth-order valence-electron chi connectivity index (χ4n) is 1.66. The van der Waals surface area contributed by atoms with Crippen molar-refractivity contribution < 1.29 is 14.8 Å². The van der Waals surface area contributed by atoms with Crippen LogP contribution in [0.1, 0.15) is 0 Å². The summed E-state index contributed by atoms with van der Waals surface area (Å²) in [6.45, 7) is 0.994. The second-order valence-corrected chi connectivity index (χ2v) is 4.52. The molecule has 2 atom stereocenters. The van der Waals surface area contributed by atoms with E-state index in [1.807, 2.05) is 0 Å². The van der Waals surface area contributed by atoms with E-state index in [1.165, 1.54) is 6.07 Å². The van der Waals surface area contributed by atoms with Crippen LogP contribution in [0.3, 0.4) is 0 Å². The minimum atomic E-state index is -0.596. The van der Waals surface area contributed by atoms with Gasteiger partial charge in [-0.05, 0) is 22.0 Å². The van der Waals surface area contributed by atoms with E-state index < -0.39 is 11.0 Å². The smallest absolute Gasteiger partial charge is 0.287 e. The largest absolute Gasteiger partial charge is 0.485 e. The molecule has 2 unspecified atom stereocenters. The molecule has 0 spiro atoms. The Hall–Kier alpha value is -1.18. The number of benzene rings is 1. The highest BCUT2D eigenvalue weighted by atomic mass is 79.9. The number of β-amino-alcohol motifs (C(OH)–C–C–N with tert-alkyl or cyclic N) is 1. The van der Waals surface area contributed by atoms with E-state index in [2.05, 4.69) is 21.2 Å². The van der Waals surface area contributed by atoms with Crippen LogP contribution in [0.4, 0.5) is 5.69 Å². The molecule has 1 aromatic rings. The lowest BCUT2D eigenvalue weighted by Gasteiger charge is -2.16. The zero-order chi connectivity index (χ0) is 12.4. The summed E-state index contributed by atoms with van der Waals surface area (Å²) in [5.41, 5.74) is -0.0528. The van der Waals surface area contributed by atoms with Crippen molar-refractivity contribution in [3.63, 3.8) is 0 Å². The van der Waals surface area contributed by atoms with Gasteiger partial charge in [0.1, 0.15) is 22.4 Å². The molecule has 0 aliphatic carbocycles. The minimum absolute atomic E-state index is 0.0528. The summed E-state index contributed by atoms with van der Waals surface area (Å²) in [6.07, 6.45) is -0.977. The number of hydrogen-bond donors (Lipinski definition) is 2. The lowest BCUT2D eigenvalue weighted by molar-refractivity contribution is -0.385. The summed E-state index contributed by atoms with van der Waals surface area (Å²) >= 11 is 3.14. The third-order valence-corrected chi connectivity index (χ3v) is 3.34. The molecule has 1 fully saturated rings. The topological polar surface area (TPSA) is 84.6 Å². The Balaban J connectivity index is 2.21. The first kappa shape index (κ1) is 12.3. The molecule has 7 heteroatoms. The maximum absolute atomic E-state index is 10.7. The number of nitro benzene ring substituents is 1. The zero-order valence-electron chi connectivity index (χ0n) is 8.80. The highest BCUT2D eigenvalue weighted by molar-refractivity contribution is 9.10. The van der Waals surface area contributed by atoms with Gasteiger partial charge in [-0.2, -0.15) is 0 Å². The Morgan fingerprint density at radius 2 is 2.29 bits per heavy atom. The highest BCUT2D eigenvalue weighted by Gasteiger charge is 2.28. The SMILES string of the molecule is O=[N+]([O-])c1cccc(OC2CNCC2O)c1Br. The summed E-state index contributed by atoms with van der Waals surface area (Å²) in [4.78, 5) is 10.2. The second-order valence-electron chi connectivity index (χ2n) is 3.73. The normalized spacial score (nSPS) is 23.6. The molecule has 6 nitrogen and oxygen atoms in total. The number of hydrogen-bond acceptors (Lipinski definition) is 5. The summed E-state index contributed by atoms with van der Waals surface area (Å²) in [6, 6.07) is 4.56. The molecule has 1 aromatic carbocycles. The zero-order valence-corrected chi connectivity index (χ0v) is 10.4. The molecule has 1 heterocycles. The number of rotatable bonds is 3. The predicted octanol–water partition coefficient (Wildman–Crippen LogP) is 1.07. The van der Waals surface area contributed by atoms with E-state index >= 15 is 0 Å². The summed E-state index contributed by atoms with van der Waals surface area (Å²) in [7, 11) is 0. The lowest BCUT2D eigenvalue weighted by atomic mass is 10.2. The molecule has 92 valence electrons. The van der Waals surface area contributed by atoms with E-state index in [0.29, 0.717) is 23.3 Å². The van der Waals surface area contributed by atoms with Gasteiger partial charge >= 0.3 is 0 Å². The van der Waals surface area contributed by atoms with E-state index in [9.17, 15) is 15.2 Å². The number of nitrogens with zero attached hydrogens (tertiary/aromatic N) is 1. The molecule has 2 N–H and O–H groups in total. The molecule has 17 heavy (non-hydrogen) atoms. The van der Waals surface area contributed by atoms with Gasteiger partial charge in [-0.15, -0.1) is 0 Å². The first-order valence-corrected chi connectivity index (χ1v) is 5.87. The van der Waals surface area contributed by atoms with Crippen LogP contribution in [0.2, 0.25) is 0 Å². The Morgan fingerprint density at radius 1 is 1.53 bits per heavy atom. The second kappa shape index (κ2) is 4.99. The predicted molar refractivity (Wildman–Crippen MR) is 64.1 cm³/mol.